The maximum atomic E-state index is 12.5. The minimum absolute atomic E-state index is 0.00725. The highest BCUT2D eigenvalue weighted by atomic mass is 32.2. The van der Waals surface area contributed by atoms with E-state index in [4.69, 9.17) is 4.74 Å². The van der Waals surface area contributed by atoms with Gasteiger partial charge in [-0.1, -0.05) is 18.2 Å². The number of nitrogens with zero attached hydrogens (tertiary/aromatic N) is 2. The fraction of sp³-hybridized carbons (Fsp3) is 0.360. The standard InChI is InChI=1S/C25H25N3O3S2/c1-15(2)31-23-11-6-16(12-17(23)13-26)25-27-14-24(32-25)21-5-3-4-20-19(21)9-10-22(20)28-33(29,30)18-7-8-18/h3-6,11-12,14-15,18,22,28H,7-10H2,1-2H3/t22-/m0/s1. The molecular formula is C25H25N3O3S2. The van der Waals surface area contributed by atoms with Crippen molar-refractivity contribution in [3.63, 3.8) is 0 Å². The van der Waals surface area contributed by atoms with Crippen molar-refractivity contribution in [1.82, 2.24) is 9.71 Å². The number of benzene rings is 2. The molecule has 33 heavy (non-hydrogen) atoms. The summed E-state index contributed by atoms with van der Waals surface area (Å²) in [5.74, 6) is 0.577. The van der Waals surface area contributed by atoms with E-state index in [-0.39, 0.29) is 17.4 Å². The van der Waals surface area contributed by atoms with E-state index in [9.17, 15) is 13.7 Å². The summed E-state index contributed by atoms with van der Waals surface area (Å²) in [7, 11) is -3.24. The molecule has 3 aromatic rings. The predicted octanol–water partition coefficient (Wildman–Crippen LogP) is 5.21. The number of nitrogens with one attached hydrogen (secondary N) is 1. The van der Waals surface area contributed by atoms with Gasteiger partial charge in [0.2, 0.25) is 10.0 Å². The predicted molar refractivity (Wildman–Crippen MR) is 130 cm³/mol. The van der Waals surface area contributed by atoms with E-state index >= 15 is 0 Å². The van der Waals surface area contributed by atoms with Crippen LogP contribution in [0.3, 0.4) is 0 Å². The lowest BCUT2D eigenvalue weighted by Gasteiger charge is -2.14. The first-order valence-corrected chi connectivity index (χ1v) is 13.5. The van der Waals surface area contributed by atoms with Crippen molar-refractivity contribution in [1.29, 1.82) is 5.26 Å². The van der Waals surface area contributed by atoms with Gasteiger partial charge in [0.05, 0.1) is 21.8 Å². The Bertz CT molecular complexity index is 1350. The number of hydrogen-bond acceptors (Lipinski definition) is 6. The minimum atomic E-state index is -3.24. The summed E-state index contributed by atoms with van der Waals surface area (Å²) in [6, 6.07) is 13.7. The van der Waals surface area contributed by atoms with Gasteiger partial charge in [-0.15, -0.1) is 11.3 Å². The molecule has 6 nitrogen and oxygen atoms in total. The number of ether oxygens (including phenoxy) is 1. The van der Waals surface area contributed by atoms with Gasteiger partial charge in [0.1, 0.15) is 16.8 Å². The molecule has 2 aliphatic carbocycles. The van der Waals surface area contributed by atoms with E-state index in [2.05, 4.69) is 21.8 Å². The van der Waals surface area contributed by atoms with Crippen molar-refractivity contribution in [2.75, 3.05) is 0 Å². The number of hydrogen-bond donors (Lipinski definition) is 1. The highest BCUT2D eigenvalue weighted by Gasteiger charge is 2.38. The summed E-state index contributed by atoms with van der Waals surface area (Å²) in [6.45, 7) is 3.86. The Balaban J connectivity index is 1.43. The molecule has 8 heteroatoms. The van der Waals surface area contributed by atoms with E-state index < -0.39 is 10.0 Å². The summed E-state index contributed by atoms with van der Waals surface area (Å²) in [5.41, 5.74) is 4.72. The molecule has 0 bridgehead atoms. The number of sulfonamides is 1. The second-order valence-electron chi connectivity index (χ2n) is 8.85. The Morgan fingerprint density at radius 1 is 1.21 bits per heavy atom. The lowest BCUT2D eigenvalue weighted by molar-refractivity contribution is 0.242. The molecule has 5 rings (SSSR count). The summed E-state index contributed by atoms with van der Waals surface area (Å²) < 4.78 is 33.6. The molecule has 0 amide bonds. The van der Waals surface area contributed by atoms with E-state index in [0.29, 0.717) is 11.3 Å². The van der Waals surface area contributed by atoms with Crippen LogP contribution in [0.25, 0.3) is 21.0 Å². The van der Waals surface area contributed by atoms with E-state index in [1.807, 2.05) is 50.4 Å². The molecule has 2 aliphatic rings. The highest BCUT2D eigenvalue weighted by Crippen LogP contribution is 2.42. The number of aromatic nitrogens is 1. The van der Waals surface area contributed by atoms with Gasteiger partial charge in [0.25, 0.3) is 0 Å². The smallest absolute Gasteiger partial charge is 0.215 e. The average Bonchev–Trinajstić information content (AvgIpc) is 3.43. The maximum absolute atomic E-state index is 12.5. The first kappa shape index (κ1) is 22.1. The number of rotatable bonds is 7. The lowest BCUT2D eigenvalue weighted by Crippen LogP contribution is -2.30. The van der Waals surface area contributed by atoms with Crippen molar-refractivity contribution in [3.05, 3.63) is 59.3 Å². The van der Waals surface area contributed by atoms with Crippen LogP contribution in [-0.4, -0.2) is 24.8 Å². The highest BCUT2D eigenvalue weighted by molar-refractivity contribution is 7.90. The normalized spacial score (nSPS) is 17.7. The topological polar surface area (TPSA) is 92.1 Å². The third-order valence-corrected chi connectivity index (χ3v) is 9.06. The van der Waals surface area contributed by atoms with Crippen molar-refractivity contribution >= 4 is 21.4 Å². The third-order valence-electron chi connectivity index (χ3n) is 6.02. The molecule has 1 heterocycles. The van der Waals surface area contributed by atoms with Gasteiger partial charge in [-0.3, -0.25) is 0 Å². The first-order chi connectivity index (χ1) is 15.9. The Morgan fingerprint density at radius 2 is 2.03 bits per heavy atom. The Morgan fingerprint density at radius 3 is 2.76 bits per heavy atom. The van der Waals surface area contributed by atoms with Gasteiger partial charge in [-0.05, 0) is 74.4 Å². The average molecular weight is 480 g/mol. The van der Waals surface area contributed by atoms with Gasteiger partial charge in [-0.25, -0.2) is 18.1 Å². The molecule has 0 unspecified atom stereocenters. The molecule has 0 radical (unpaired) electrons. The Kier molecular flexibility index (Phi) is 5.73. The van der Waals surface area contributed by atoms with Gasteiger partial charge in [0, 0.05) is 17.8 Å². The van der Waals surface area contributed by atoms with Crippen molar-refractivity contribution in [2.24, 2.45) is 0 Å². The number of fused-ring (bicyclic) bond motifs is 1. The molecule has 170 valence electrons. The monoisotopic (exact) mass is 479 g/mol. The summed E-state index contributed by atoms with van der Waals surface area (Å²) in [6.07, 6.45) is 4.98. The summed E-state index contributed by atoms with van der Waals surface area (Å²) >= 11 is 1.57. The van der Waals surface area contributed by atoms with Gasteiger partial charge in [-0.2, -0.15) is 5.26 Å². The summed E-state index contributed by atoms with van der Waals surface area (Å²) in [5, 5.41) is 10.2. The molecule has 1 saturated carbocycles. The van der Waals surface area contributed by atoms with Crippen LogP contribution >= 0.6 is 11.3 Å². The van der Waals surface area contributed by atoms with Gasteiger partial charge >= 0.3 is 0 Å². The first-order valence-electron chi connectivity index (χ1n) is 11.2. The zero-order valence-electron chi connectivity index (χ0n) is 18.5. The third kappa shape index (κ3) is 4.41. The molecule has 0 aliphatic heterocycles. The van der Waals surface area contributed by atoms with Crippen LogP contribution in [0, 0.1) is 11.3 Å². The van der Waals surface area contributed by atoms with Gasteiger partial charge < -0.3 is 4.74 Å². The van der Waals surface area contributed by atoms with Crippen LogP contribution in [0.1, 0.15) is 55.8 Å². The maximum Gasteiger partial charge on any atom is 0.215 e. The molecule has 1 fully saturated rings. The van der Waals surface area contributed by atoms with Crippen LogP contribution in [-0.2, 0) is 16.4 Å². The molecule has 1 atom stereocenters. The zero-order chi connectivity index (χ0) is 23.2. The second kappa shape index (κ2) is 8.56. The Labute approximate surface area is 198 Å². The van der Waals surface area contributed by atoms with Crippen molar-refractivity contribution in [2.45, 2.75) is 56.9 Å². The molecule has 0 saturated heterocycles. The van der Waals surface area contributed by atoms with Gasteiger partial charge in [0.15, 0.2) is 0 Å². The van der Waals surface area contributed by atoms with E-state index in [0.717, 1.165) is 52.3 Å². The van der Waals surface area contributed by atoms with Crippen LogP contribution in [0.15, 0.2) is 42.6 Å². The van der Waals surface area contributed by atoms with Crippen molar-refractivity contribution < 1.29 is 13.2 Å². The second-order valence-corrected chi connectivity index (χ2v) is 11.9. The quantitative estimate of drug-likeness (QED) is 0.502. The van der Waals surface area contributed by atoms with Crippen LogP contribution in [0.2, 0.25) is 0 Å². The molecule has 1 N–H and O–H groups in total. The SMILES string of the molecule is CC(C)Oc1ccc(-c2ncc(-c3cccc4c3CC[C@@H]4NS(=O)(=O)C3CC3)s2)cc1C#N. The molecule has 1 aromatic heterocycles. The van der Waals surface area contributed by atoms with E-state index in [1.165, 1.54) is 5.56 Å². The lowest BCUT2D eigenvalue weighted by atomic mass is 10.0. The minimum Gasteiger partial charge on any atom is -0.490 e. The molecular weight excluding hydrogens is 454 g/mol. The van der Waals surface area contributed by atoms with E-state index in [1.54, 1.807) is 11.3 Å². The van der Waals surface area contributed by atoms with Crippen LogP contribution in [0.5, 0.6) is 5.75 Å². The fourth-order valence-electron chi connectivity index (χ4n) is 4.32. The zero-order valence-corrected chi connectivity index (χ0v) is 20.2. The van der Waals surface area contributed by atoms with Crippen LogP contribution < -0.4 is 9.46 Å². The van der Waals surface area contributed by atoms with Crippen LogP contribution in [0.4, 0.5) is 0 Å². The molecule has 2 aromatic carbocycles. The number of nitriles is 1. The fourth-order valence-corrected chi connectivity index (χ4v) is 6.88. The molecule has 0 spiro atoms. The Hall–Kier alpha value is -2.73. The van der Waals surface area contributed by atoms with Crippen molar-refractivity contribution in [3.8, 4) is 32.8 Å². The summed E-state index contributed by atoms with van der Waals surface area (Å²) in [4.78, 5) is 5.66. The number of thiazole rings is 1. The largest absolute Gasteiger partial charge is 0.490 e.